The van der Waals surface area contributed by atoms with E-state index < -0.39 is 5.97 Å². The van der Waals surface area contributed by atoms with Gasteiger partial charge in [-0.1, -0.05) is 0 Å². The van der Waals surface area contributed by atoms with E-state index in [1.54, 1.807) is 0 Å². The number of phenols is 2. The molecule has 1 aliphatic carbocycles. The van der Waals surface area contributed by atoms with Crippen LogP contribution in [0.2, 0.25) is 0 Å². The second-order valence-electron chi connectivity index (χ2n) is 4.36. The Balaban J connectivity index is 2.50. The van der Waals surface area contributed by atoms with Crippen LogP contribution < -0.4 is 5.73 Å². The SMILES string of the molecule is COC(=O)c1cc(C2(CN)CC2)c(O)cc1O. The Labute approximate surface area is 98.8 Å². The summed E-state index contributed by atoms with van der Waals surface area (Å²) in [5.74, 6) is -0.944. The van der Waals surface area contributed by atoms with Crippen molar-refractivity contribution in [3.8, 4) is 11.5 Å². The minimum absolute atomic E-state index is 0.0295. The molecule has 0 atom stereocenters. The van der Waals surface area contributed by atoms with E-state index in [4.69, 9.17) is 5.73 Å². The van der Waals surface area contributed by atoms with E-state index in [2.05, 4.69) is 4.74 Å². The molecular weight excluding hydrogens is 222 g/mol. The highest BCUT2D eigenvalue weighted by atomic mass is 16.5. The Hall–Kier alpha value is -1.75. The van der Waals surface area contributed by atoms with E-state index in [-0.39, 0.29) is 22.5 Å². The number of benzene rings is 1. The van der Waals surface area contributed by atoms with Gasteiger partial charge < -0.3 is 20.7 Å². The molecule has 2 rings (SSSR count). The molecule has 17 heavy (non-hydrogen) atoms. The molecule has 5 heteroatoms. The highest BCUT2D eigenvalue weighted by molar-refractivity contribution is 5.93. The molecule has 0 aromatic heterocycles. The fourth-order valence-corrected chi connectivity index (χ4v) is 2.01. The van der Waals surface area contributed by atoms with Gasteiger partial charge in [-0.2, -0.15) is 0 Å². The molecule has 0 amide bonds. The zero-order valence-electron chi connectivity index (χ0n) is 9.56. The van der Waals surface area contributed by atoms with Gasteiger partial charge in [0, 0.05) is 23.6 Å². The lowest BCUT2D eigenvalue weighted by atomic mass is 9.93. The van der Waals surface area contributed by atoms with Crippen molar-refractivity contribution in [3.05, 3.63) is 23.3 Å². The lowest BCUT2D eigenvalue weighted by Crippen LogP contribution is -2.20. The number of aromatic hydroxyl groups is 2. The summed E-state index contributed by atoms with van der Waals surface area (Å²) in [6.45, 7) is 0.409. The van der Waals surface area contributed by atoms with Gasteiger partial charge in [0.05, 0.1) is 7.11 Å². The van der Waals surface area contributed by atoms with Crippen LogP contribution >= 0.6 is 0 Å². The summed E-state index contributed by atoms with van der Waals surface area (Å²) in [5, 5.41) is 19.4. The molecule has 0 heterocycles. The third kappa shape index (κ3) is 1.82. The minimum atomic E-state index is -0.628. The maximum atomic E-state index is 11.4. The summed E-state index contributed by atoms with van der Waals surface area (Å²) in [6, 6.07) is 2.63. The van der Waals surface area contributed by atoms with Crippen LogP contribution in [0, 0.1) is 0 Å². The van der Waals surface area contributed by atoms with Crippen LogP contribution in [-0.2, 0) is 10.2 Å². The predicted molar refractivity (Wildman–Crippen MR) is 61.1 cm³/mol. The first kappa shape index (κ1) is 11.7. The second kappa shape index (κ2) is 3.92. The summed E-state index contributed by atoms with van der Waals surface area (Å²) in [6.07, 6.45) is 1.75. The summed E-state index contributed by atoms with van der Waals surface area (Å²) < 4.78 is 4.57. The van der Waals surface area contributed by atoms with E-state index in [1.807, 2.05) is 0 Å². The highest BCUT2D eigenvalue weighted by Crippen LogP contribution is 2.51. The molecule has 1 fully saturated rings. The zero-order valence-corrected chi connectivity index (χ0v) is 9.56. The van der Waals surface area contributed by atoms with Crippen molar-refractivity contribution in [1.29, 1.82) is 0 Å². The molecule has 0 spiro atoms. The normalized spacial score (nSPS) is 16.6. The predicted octanol–water partition coefficient (Wildman–Crippen LogP) is 0.875. The summed E-state index contributed by atoms with van der Waals surface area (Å²) in [5.41, 5.74) is 6.09. The first-order chi connectivity index (χ1) is 8.04. The van der Waals surface area contributed by atoms with Gasteiger partial charge in [-0.3, -0.25) is 0 Å². The Bertz CT molecular complexity index is 466. The third-order valence-electron chi connectivity index (χ3n) is 3.33. The van der Waals surface area contributed by atoms with Crippen molar-refractivity contribution < 1.29 is 19.7 Å². The van der Waals surface area contributed by atoms with Gasteiger partial charge in [0.2, 0.25) is 0 Å². The van der Waals surface area contributed by atoms with Gasteiger partial charge >= 0.3 is 5.97 Å². The lowest BCUT2D eigenvalue weighted by molar-refractivity contribution is 0.0597. The number of esters is 1. The highest BCUT2D eigenvalue weighted by Gasteiger charge is 2.45. The van der Waals surface area contributed by atoms with E-state index in [1.165, 1.54) is 13.2 Å². The van der Waals surface area contributed by atoms with Crippen LogP contribution in [0.25, 0.3) is 0 Å². The summed E-state index contributed by atoms with van der Waals surface area (Å²) >= 11 is 0. The van der Waals surface area contributed by atoms with Crippen molar-refractivity contribution in [2.45, 2.75) is 18.3 Å². The molecule has 0 saturated heterocycles. The van der Waals surface area contributed by atoms with Gasteiger partial charge in [-0.15, -0.1) is 0 Å². The Morgan fingerprint density at radius 3 is 2.53 bits per heavy atom. The summed E-state index contributed by atoms with van der Waals surface area (Å²) in [7, 11) is 1.24. The topological polar surface area (TPSA) is 92.8 Å². The Morgan fingerprint density at radius 2 is 2.06 bits per heavy atom. The first-order valence-corrected chi connectivity index (χ1v) is 5.39. The number of methoxy groups -OCH3 is 1. The molecule has 1 aromatic carbocycles. The molecule has 0 bridgehead atoms. The molecule has 92 valence electrons. The Kier molecular flexibility index (Phi) is 2.71. The maximum Gasteiger partial charge on any atom is 0.341 e. The molecular formula is C12H15NO4. The number of hydrogen-bond donors (Lipinski definition) is 3. The van der Waals surface area contributed by atoms with Crippen molar-refractivity contribution in [1.82, 2.24) is 0 Å². The fraction of sp³-hybridized carbons (Fsp3) is 0.417. The van der Waals surface area contributed by atoms with Crippen molar-refractivity contribution in [3.63, 3.8) is 0 Å². The van der Waals surface area contributed by atoms with E-state index in [0.29, 0.717) is 12.1 Å². The monoisotopic (exact) mass is 237 g/mol. The van der Waals surface area contributed by atoms with Gasteiger partial charge in [0.25, 0.3) is 0 Å². The molecule has 0 radical (unpaired) electrons. The van der Waals surface area contributed by atoms with E-state index in [9.17, 15) is 15.0 Å². The maximum absolute atomic E-state index is 11.4. The number of hydrogen-bond acceptors (Lipinski definition) is 5. The first-order valence-electron chi connectivity index (χ1n) is 5.39. The average Bonchev–Trinajstić information content (AvgIpc) is 3.09. The van der Waals surface area contributed by atoms with Crippen LogP contribution in [0.4, 0.5) is 0 Å². The van der Waals surface area contributed by atoms with Crippen LogP contribution in [0.1, 0.15) is 28.8 Å². The molecule has 1 aliphatic rings. The summed E-state index contributed by atoms with van der Waals surface area (Å²) in [4.78, 5) is 11.4. The number of rotatable bonds is 3. The number of ether oxygens (including phenoxy) is 1. The smallest absolute Gasteiger partial charge is 0.341 e. The number of carbonyl (C=O) groups is 1. The number of phenolic OH excluding ortho intramolecular Hbond substituents is 2. The van der Waals surface area contributed by atoms with Crippen molar-refractivity contribution >= 4 is 5.97 Å². The van der Waals surface area contributed by atoms with Gasteiger partial charge in [0.1, 0.15) is 17.1 Å². The minimum Gasteiger partial charge on any atom is -0.508 e. The molecule has 5 nitrogen and oxygen atoms in total. The quantitative estimate of drug-likeness (QED) is 0.678. The fourth-order valence-electron chi connectivity index (χ4n) is 2.01. The van der Waals surface area contributed by atoms with Crippen LogP contribution in [0.3, 0.4) is 0 Å². The van der Waals surface area contributed by atoms with Gasteiger partial charge in [-0.25, -0.2) is 4.79 Å². The molecule has 0 aliphatic heterocycles. The third-order valence-corrected chi connectivity index (χ3v) is 3.33. The molecule has 1 saturated carbocycles. The van der Waals surface area contributed by atoms with Crippen LogP contribution in [0.15, 0.2) is 12.1 Å². The lowest BCUT2D eigenvalue weighted by Gasteiger charge is -2.16. The second-order valence-corrected chi connectivity index (χ2v) is 4.36. The van der Waals surface area contributed by atoms with Crippen LogP contribution in [-0.4, -0.2) is 29.8 Å². The van der Waals surface area contributed by atoms with E-state index in [0.717, 1.165) is 18.9 Å². The number of nitrogens with two attached hydrogens (primary N) is 1. The van der Waals surface area contributed by atoms with Gasteiger partial charge in [0.15, 0.2) is 0 Å². The molecule has 4 N–H and O–H groups in total. The average molecular weight is 237 g/mol. The van der Waals surface area contributed by atoms with Crippen molar-refractivity contribution in [2.75, 3.05) is 13.7 Å². The molecule has 0 unspecified atom stereocenters. The van der Waals surface area contributed by atoms with Gasteiger partial charge in [-0.05, 0) is 18.9 Å². The molecule has 1 aromatic rings. The standard InChI is InChI=1S/C12H15NO4/c1-17-11(16)7-4-8(10(15)5-9(7)14)12(6-13)2-3-12/h4-5,14-15H,2-3,6,13H2,1H3. The van der Waals surface area contributed by atoms with Crippen molar-refractivity contribution in [2.24, 2.45) is 5.73 Å². The van der Waals surface area contributed by atoms with Crippen LogP contribution in [0.5, 0.6) is 11.5 Å². The number of carbonyl (C=O) groups excluding carboxylic acids is 1. The largest absolute Gasteiger partial charge is 0.508 e. The zero-order chi connectivity index (χ0) is 12.6. The Morgan fingerprint density at radius 1 is 1.41 bits per heavy atom. The van der Waals surface area contributed by atoms with E-state index >= 15 is 0 Å².